The third kappa shape index (κ3) is 2.86. The zero-order valence-corrected chi connectivity index (χ0v) is 11.6. The SMILES string of the molecule is Cc1cc(N)c(Cl)cc1NC1CCC(C)(C)C1. The predicted molar refractivity (Wildman–Crippen MR) is 75.6 cm³/mol. The molecular formula is C14H21ClN2. The number of hydrogen-bond acceptors (Lipinski definition) is 2. The van der Waals surface area contributed by atoms with Crippen LogP contribution in [0, 0.1) is 12.3 Å². The number of rotatable bonds is 2. The van der Waals surface area contributed by atoms with Gasteiger partial charge in [0, 0.05) is 11.7 Å². The van der Waals surface area contributed by atoms with Crippen LogP contribution >= 0.6 is 11.6 Å². The first-order valence-electron chi connectivity index (χ1n) is 6.19. The highest BCUT2D eigenvalue weighted by atomic mass is 35.5. The summed E-state index contributed by atoms with van der Waals surface area (Å²) in [6, 6.07) is 4.44. The number of anilines is 2. The van der Waals surface area contributed by atoms with Gasteiger partial charge in [0.2, 0.25) is 0 Å². The van der Waals surface area contributed by atoms with E-state index in [2.05, 4.69) is 26.1 Å². The highest BCUT2D eigenvalue weighted by Gasteiger charge is 2.30. The summed E-state index contributed by atoms with van der Waals surface area (Å²) in [6.45, 7) is 6.73. The molecule has 3 N–H and O–H groups in total. The van der Waals surface area contributed by atoms with Crippen LogP contribution in [0.5, 0.6) is 0 Å². The van der Waals surface area contributed by atoms with Gasteiger partial charge in [0.25, 0.3) is 0 Å². The van der Waals surface area contributed by atoms with Gasteiger partial charge in [-0.15, -0.1) is 0 Å². The Hall–Kier alpha value is -0.890. The van der Waals surface area contributed by atoms with Crippen LogP contribution in [-0.2, 0) is 0 Å². The molecule has 17 heavy (non-hydrogen) atoms. The van der Waals surface area contributed by atoms with Crippen LogP contribution in [0.2, 0.25) is 5.02 Å². The quantitative estimate of drug-likeness (QED) is 0.774. The molecule has 94 valence electrons. The summed E-state index contributed by atoms with van der Waals surface area (Å²) in [5, 5.41) is 4.23. The maximum absolute atomic E-state index is 6.06. The molecule has 0 aromatic heterocycles. The fourth-order valence-electron chi connectivity index (χ4n) is 2.64. The largest absolute Gasteiger partial charge is 0.398 e. The Morgan fingerprint density at radius 1 is 1.41 bits per heavy atom. The van der Waals surface area contributed by atoms with Gasteiger partial charge < -0.3 is 11.1 Å². The van der Waals surface area contributed by atoms with E-state index in [0.717, 1.165) is 11.3 Å². The second-order valence-corrected chi connectivity index (χ2v) is 6.34. The molecule has 1 unspecified atom stereocenters. The van der Waals surface area contributed by atoms with Crippen molar-refractivity contribution < 1.29 is 0 Å². The molecule has 0 heterocycles. The molecule has 1 saturated carbocycles. The topological polar surface area (TPSA) is 38.0 Å². The minimum Gasteiger partial charge on any atom is -0.398 e. The van der Waals surface area contributed by atoms with Crippen molar-refractivity contribution in [2.24, 2.45) is 5.41 Å². The highest BCUT2D eigenvalue weighted by molar-refractivity contribution is 6.33. The minimum absolute atomic E-state index is 0.461. The van der Waals surface area contributed by atoms with Crippen molar-refractivity contribution in [3.05, 3.63) is 22.7 Å². The maximum Gasteiger partial charge on any atom is 0.0656 e. The summed E-state index contributed by atoms with van der Waals surface area (Å²) in [6.07, 6.45) is 3.73. The Labute approximate surface area is 109 Å². The fraction of sp³-hybridized carbons (Fsp3) is 0.571. The van der Waals surface area contributed by atoms with Crippen LogP contribution in [0.1, 0.15) is 38.7 Å². The lowest BCUT2D eigenvalue weighted by atomic mass is 9.92. The third-order valence-corrected chi connectivity index (χ3v) is 4.00. The van der Waals surface area contributed by atoms with Crippen molar-refractivity contribution in [1.29, 1.82) is 0 Å². The Bertz CT molecular complexity index is 426. The summed E-state index contributed by atoms with van der Waals surface area (Å²) in [5.74, 6) is 0. The first-order chi connectivity index (χ1) is 7.87. The second-order valence-electron chi connectivity index (χ2n) is 5.94. The minimum atomic E-state index is 0.461. The standard InChI is InChI=1S/C14H21ClN2/c1-9-6-12(16)11(15)7-13(9)17-10-4-5-14(2,3)8-10/h6-7,10,17H,4-5,8,16H2,1-3H3. The van der Waals surface area contributed by atoms with Gasteiger partial charge in [-0.3, -0.25) is 0 Å². The second kappa shape index (κ2) is 4.41. The third-order valence-electron chi connectivity index (χ3n) is 3.67. The van der Waals surface area contributed by atoms with Crippen molar-refractivity contribution in [1.82, 2.24) is 0 Å². The van der Waals surface area contributed by atoms with Crippen molar-refractivity contribution in [3.63, 3.8) is 0 Å². The predicted octanol–water partition coefficient (Wildman–Crippen LogP) is 4.22. The van der Waals surface area contributed by atoms with Crippen LogP contribution in [0.4, 0.5) is 11.4 Å². The molecule has 1 atom stereocenters. The van der Waals surface area contributed by atoms with Crippen molar-refractivity contribution in [2.75, 3.05) is 11.1 Å². The van der Waals surface area contributed by atoms with Crippen LogP contribution in [-0.4, -0.2) is 6.04 Å². The molecule has 1 aliphatic rings. The molecule has 0 aliphatic heterocycles. The van der Waals surface area contributed by atoms with E-state index in [4.69, 9.17) is 17.3 Å². The van der Waals surface area contributed by atoms with Gasteiger partial charge in [0.1, 0.15) is 0 Å². The summed E-state index contributed by atoms with van der Waals surface area (Å²) >= 11 is 6.06. The Morgan fingerprint density at radius 3 is 2.71 bits per heavy atom. The first kappa shape index (κ1) is 12.6. The lowest BCUT2D eigenvalue weighted by molar-refractivity contribution is 0.378. The number of halogens is 1. The molecular weight excluding hydrogens is 232 g/mol. The van der Waals surface area contributed by atoms with E-state index in [1.54, 1.807) is 0 Å². The van der Waals surface area contributed by atoms with Gasteiger partial charge in [-0.05, 0) is 49.3 Å². The van der Waals surface area contributed by atoms with Gasteiger partial charge in [-0.1, -0.05) is 25.4 Å². The van der Waals surface area contributed by atoms with Gasteiger partial charge in [0.15, 0.2) is 0 Å². The van der Waals surface area contributed by atoms with E-state index in [1.165, 1.54) is 19.3 Å². The Balaban J connectivity index is 2.12. The van der Waals surface area contributed by atoms with E-state index >= 15 is 0 Å². The molecule has 0 radical (unpaired) electrons. The number of nitrogen functional groups attached to an aromatic ring is 1. The van der Waals surface area contributed by atoms with E-state index in [1.807, 2.05) is 12.1 Å². The van der Waals surface area contributed by atoms with E-state index < -0.39 is 0 Å². The average molecular weight is 253 g/mol. The zero-order valence-electron chi connectivity index (χ0n) is 10.8. The molecule has 2 rings (SSSR count). The smallest absolute Gasteiger partial charge is 0.0656 e. The van der Waals surface area contributed by atoms with Crippen LogP contribution < -0.4 is 11.1 Å². The van der Waals surface area contributed by atoms with Crippen molar-refractivity contribution in [2.45, 2.75) is 46.1 Å². The number of benzene rings is 1. The molecule has 0 spiro atoms. The lowest BCUT2D eigenvalue weighted by Crippen LogP contribution is -2.18. The zero-order chi connectivity index (χ0) is 12.6. The van der Waals surface area contributed by atoms with Crippen LogP contribution in [0.3, 0.4) is 0 Å². The number of nitrogens with two attached hydrogens (primary N) is 1. The Kier molecular flexibility index (Phi) is 3.26. The van der Waals surface area contributed by atoms with E-state index in [0.29, 0.717) is 22.2 Å². The fourth-order valence-corrected chi connectivity index (χ4v) is 2.80. The summed E-state index contributed by atoms with van der Waals surface area (Å²) < 4.78 is 0. The van der Waals surface area contributed by atoms with Gasteiger partial charge >= 0.3 is 0 Å². The summed E-state index contributed by atoms with van der Waals surface area (Å²) in [5.41, 5.74) is 9.18. The van der Waals surface area contributed by atoms with Crippen LogP contribution in [0.25, 0.3) is 0 Å². The van der Waals surface area contributed by atoms with Gasteiger partial charge in [-0.2, -0.15) is 0 Å². The van der Waals surface area contributed by atoms with Crippen molar-refractivity contribution in [3.8, 4) is 0 Å². The lowest BCUT2D eigenvalue weighted by Gasteiger charge is -2.20. The maximum atomic E-state index is 6.06. The molecule has 0 saturated heterocycles. The van der Waals surface area contributed by atoms with E-state index in [-0.39, 0.29) is 0 Å². The molecule has 1 aromatic carbocycles. The Morgan fingerprint density at radius 2 is 2.12 bits per heavy atom. The highest BCUT2D eigenvalue weighted by Crippen LogP contribution is 2.39. The molecule has 0 bridgehead atoms. The first-order valence-corrected chi connectivity index (χ1v) is 6.57. The van der Waals surface area contributed by atoms with Gasteiger partial charge in [0.05, 0.1) is 10.7 Å². The molecule has 1 aromatic rings. The van der Waals surface area contributed by atoms with Crippen molar-refractivity contribution >= 4 is 23.0 Å². The number of aryl methyl sites for hydroxylation is 1. The normalized spacial score (nSPS) is 22.7. The molecule has 2 nitrogen and oxygen atoms in total. The van der Waals surface area contributed by atoms with Crippen LogP contribution in [0.15, 0.2) is 12.1 Å². The molecule has 0 amide bonds. The van der Waals surface area contributed by atoms with Gasteiger partial charge in [-0.25, -0.2) is 0 Å². The summed E-state index contributed by atoms with van der Waals surface area (Å²) in [7, 11) is 0. The number of hydrogen-bond donors (Lipinski definition) is 2. The molecule has 1 aliphatic carbocycles. The molecule has 1 fully saturated rings. The summed E-state index contributed by atoms with van der Waals surface area (Å²) in [4.78, 5) is 0. The van der Waals surface area contributed by atoms with E-state index in [9.17, 15) is 0 Å². The number of nitrogens with one attached hydrogen (secondary N) is 1. The molecule has 3 heteroatoms. The average Bonchev–Trinajstić information content (AvgIpc) is 2.54. The monoisotopic (exact) mass is 252 g/mol.